The van der Waals surface area contributed by atoms with E-state index in [9.17, 15) is 4.79 Å². The number of nitrogens with zero attached hydrogens (tertiary/aromatic N) is 3. The van der Waals surface area contributed by atoms with E-state index in [1.54, 1.807) is 0 Å². The van der Waals surface area contributed by atoms with Gasteiger partial charge in [0.05, 0.1) is 11.7 Å². The molecule has 0 spiro atoms. The number of hydrazone groups is 1. The van der Waals surface area contributed by atoms with Crippen LogP contribution in [0.4, 0.5) is 5.69 Å². The van der Waals surface area contributed by atoms with Gasteiger partial charge in [0.2, 0.25) is 0 Å². The number of anilines is 1. The van der Waals surface area contributed by atoms with Crippen LogP contribution < -0.4 is 10.3 Å². The SMILES string of the molecule is CCc1ccc(C(CNC(=O)c2ccc(N3CCC(C)=N3)cc2)N(C)C)cc1. The van der Waals surface area contributed by atoms with Crippen molar-refractivity contribution >= 4 is 17.3 Å². The van der Waals surface area contributed by atoms with Crippen molar-refractivity contribution in [1.29, 1.82) is 0 Å². The fourth-order valence-corrected chi connectivity index (χ4v) is 3.41. The maximum absolute atomic E-state index is 12.6. The molecule has 0 saturated carbocycles. The van der Waals surface area contributed by atoms with Gasteiger partial charge in [0.25, 0.3) is 5.91 Å². The molecule has 1 N–H and O–H groups in total. The lowest BCUT2D eigenvalue weighted by atomic mass is 10.0. The highest BCUT2D eigenvalue weighted by molar-refractivity contribution is 5.94. The zero-order valence-corrected chi connectivity index (χ0v) is 17.3. The van der Waals surface area contributed by atoms with E-state index in [1.807, 2.05) is 50.3 Å². The number of carbonyl (C=O) groups is 1. The second-order valence-corrected chi connectivity index (χ2v) is 7.54. The average molecular weight is 379 g/mol. The van der Waals surface area contributed by atoms with Crippen LogP contribution in [0, 0.1) is 0 Å². The van der Waals surface area contributed by atoms with Crippen molar-refractivity contribution in [2.24, 2.45) is 5.10 Å². The standard InChI is InChI=1S/C23H30N4O/c1-5-18-6-8-19(9-7-18)22(26(3)4)16-24-23(28)20-10-12-21(13-11-20)27-15-14-17(2)25-27/h6-13,22H,5,14-16H2,1-4H3,(H,24,28). The molecule has 1 amide bonds. The van der Waals surface area contributed by atoms with E-state index in [0.29, 0.717) is 12.1 Å². The normalized spacial score (nSPS) is 14.9. The summed E-state index contributed by atoms with van der Waals surface area (Å²) in [4.78, 5) is 14.8. The second-order valence-electron chi connectivity index (χ2n) is 7.54. The number of hydrogen-bond acceptors (Lipinski definition) is 4. The number of hydrogen-bond donors (Lipinski definition) is 1. The van der Waals surface area contributed by atoms with Gasteiger partial charge in [-0.05, 0) is 62.8 Å². The van der Waals surface area contributed by atoms with Gasteiger partial charge in [-0.2, -0.15) is 5.10 Å². The van der Waals surface area contributed by atoms with Crippen LogP contribution in [0.1, 0.15) is 47.8 Å². The number of benzene rings is 2. The van der Waals surface area contributed by atoms with Crippen LogP contribution in [0.5, 0.6) is 0 Å². The Morgan fingerprint density at radius 2 is 1.82 bits per heavy atom. The maximum Gasteiger partial charge on any atom is 0.251 e. The van der Waals surface area contributed by atoms with Gasteiger partial charge in [-0.1, -0.05) is 31.2 Å². The van der Waals surface area contributed by atoms with Crippen LogP contribution in [0.2, 0.25) is 0 Å². The van der Waals surface area contributed by atoms with Gasteiger partial charge in [-0.15, -0.1) is 0 Å². The molecule has 1 atom stereocenters. The van der Waals surface area contributed by atoms with Crippen molar-refractivity contribution in [3.63, 3.8) is 0 Å². The lowest BCUT2D eigenvalue weighted by molar-refractivity contribution is 0.0942. The summed E-state index contributed by atoms with van der Waals surface area (Å²) in [6.07, 6.45) is 2.02. The minimum Gasteiger partial charge on any atom is -0.350 e. The third-order valence-electron chi connectivity index (χ3n) is 5.26. The highest BCUT2D eigenvalue weighted by atomic mass is 16.1. The molecule has 0 saturated heterocycles. The molecule has 1 unspecified atom stereocenters. The molecular formula is C23H30N4O. The molecule has 0 aliphatic carbocycles. The van der Waals surface area contributed by atoms with E-state index < -0.39 is 0 Å². The van der Waals surface area contributed by atoms with E-state index in [0.717, 1.165) is 30.8 Å². The topological polar surface area (TPSA) is 47.9 Å². The molecule has 2 aromatic rings. The van der Waals surface area contributed by atoms with Crippen LogP contribution in [-0.4, -0.2) is 43.7 Å². The van der Waals surface area contributed by atoms with Crippen molar-refractivity contribution in [3.8, 4) is 0 Å². The van der Waals surface area contributed by atoms with Gasteiger partial charge < -0.3 is 10.2 Å². The fraction of sp³-hybridized carbons (Fsp3) is 0.391. The summed E-state index contributed by atoms with van der Waals surface area (Å²) in [6, 6.07) is 16.4. The summed E-state index contributed by atoms with van der Waals surface area (Å²) in [6.45, 7) is 5.66. The van der Waals surface area contributed by atoms with E-state index in [4.69, 9.17) is 0 Å². The molecule has 2 aromatic carbocycles. The first-order valence-electron chi connectivity index (χ1n) is 9.93. The molecule has 1 aliphatic heterocycles. The van der Waals surface area contributed by atoms with Crippen LogP contribution in [0.15, 0.2) is 53.6 Å². The highest BCUT2D eigenvalue weighted by Crippen LogP contribution is 2.21. The minimum absolute atomic E-state index is 0.0512. The van der Waals surface area contributed by atoms with Gasteiger partial charge in [-0.25, -0.2) is 0 Å². The van der Waals surface area contributed by atoms with Gasteiger partial charge in [0, 0.05) is 30.8 Å². The van der Waals surface area contributed by atoms with Crippen molar-refractivity contribution in [1.82, 2.24) is 10.2 Å². The zero-order chi connectivity index (χ0) is 20.1. The van der Waals surface area contributed by atoms with Crippen LogP contribution in [0.25, 0.3) is 0 Å². The first-order valence-corrected chi connectivity index (χ1v) is 9.93. The highest BCUT2D eigenvalue weighted by Gasteiger charge is 2.17. The molecule has 1 heterocycles. The average Bonchev–Trinajstić information content (AvgIpc) is 3.14. The van der Waals surface area contributed by atoms with E-state index in [2.05, 4.69) is 46.5 Å². The van der Waals surface area contributed by atoms with Gasteiger partial charge in [-0.3, -0.25) is 9.80 Å². The fourth-order valence-electron chi connectivity index (χ4n) is 3.41. The van der Waals surface area contributed by atoms with Crippen molar-refractivity contribution in [3.05, 3.63) is 65.2 Å². The Kier molecular flexibility index (Phi) is 6.47. The monoisotopic (exact) mass is 378 g/mol. The molecule has 1 aliphatic rings. The predicted molar refractivity (Wildman–Crippen MR) is 116 cm³/mol. The molecule has 0 aromatic heterocycles. The van der Waals surface area contributed by atoms with E-state index in [1.165, 1.54) is 11.1 Å². The lowest BCUT2D eigenvalue weighted by Gasteiger charge is -2.25. The summed E-state index contributed by atoms with van der Waals surface area (Å²) in [5.41, 5.74) is 5.37. The molecule has 3 rings (SSSR count). The van der Waals surface area contributed by atoms with E-state index in [-0.39, 0.29) is 11.9 Å². The molecule has 148 valence electrons. The van der Waals surface area contributed by atoms with Crippen LogP contribution in [0.3, 0.4) is 0 Å². The quantitative estimate of drug-likeness (QED) is 0.796. The molecule has 0 radical (unpaired) electrons. The number of aryl methyl sites for hydroxylation is 1. The van der Waals surface area contributed by atoms with Crippen molar-refractivity contribution in [2.45, 2.75) is 32.7 Å². The summed E-state index contributed by atoms with van der Waals surface area (Å²) in [5.74, 6) is -0.0512. The summed E-state index contributed by atoms with van der Waals surface area (Å²) in [7, 11) is 4.08. The Hall–Kier alpha value is -2.66. The smallest absolute Gasteiger partial charge is 0.251 e. The molecular weight excluding hydrogens is 348 g/mol. The Bertz CT molecular complexity index is 825. The largest absolute Gasteiger partial charge is 0.350 e. The molecule has 0 bridgehead atoms. The Morgan fingerprint density at radius 1 is 1.14 bits per heavy atom. The van der Waals surface area contributed by atoms with Crippen LogP contribution in [-0.2, 0) is 6.42 Å². The number of amides is 1. The van der Waals surface area contributed by atoms with Gasteiger partial charge in [0.1, 0.15) is 0 Å². The Balaban J connectivity index is 1.62. The van der Waals surface area contributed by atoms with Crippen LogP contribution >= 0.6 is 0 Å². The first kappa shape index (κ1) is 20.1. The molecule has 28 heavy (non-hydrogen) atoms. The summed E-state index contributed by atoms with van der Waals surface area (Å²) in [5, 5.41) is 9.57. The minimum atomic E-state index is -0.0512. The predicted octanol–water partition coefficient (Wildman–Crippen LogP) is 3.87. The van der Waals surface area contributed by atoms with Crippen molar-refractivity contribution < 1.29 is 4.79 Å². The second kappa shape index (κ2) is 9.02. The zero-order valence-electron chi connectivity index (χ0n) is 17.3. The third-order valence-corrected chi connectivity index (χ3v) is 5.26. The number of likely N-dealkylation sites (N-methyl/N-ethyl adjacent to an activating group) is 1. The number of rotatable bonds is 7. The summed E-state index contributed by atoms with van der Waals surface area (Å²) < 4.78 is 0. The Labute approximate surface area is 168 Å². The molecule has 0 fully saturated rings. The van der Waals surface area contributed by atoms with Crippen molar-refractivity contribution in [2.75, 3.05) is 32.2 Å². The molecule has 5 nitrogen and oxygen atoms in total. The Morgan fingerprint density at radius 3 is 2.36 bits per heavy atom. The first-order chi connectivity index (χ1) is 13.5. The summed E-state index contributed by atoms with van der Waals surface area (Å²) >= 11 is 0. The number of nitrogens with one attached hydrogen (secondary N) is 1. The maximum atomic E-state index is 12.6. The molecule has 5 heteroatoms. The van der Waals surface area contributed by atoms with E-state index >= 15 is 0 Å². The lowest BCUT2D eigenvalue weighted by Crippen LogP contribution is -2.34. The van der Waals surface area contributed by atoms with Gasteiger partial charge in [0.15, 0.2) is 0 Å². The third kappa shape index (κ3) is 4.78. The number of carbonyl (C=O) groups excluding carboxylic acids is 1. The van der Waals surface area contributed by atoms with Gasteiger partial charge >= 0.3 is 0 Å².